The molecule has 90 valence electrons. The molecule has 0 amide bonds. The van der Waals surface area contributed by atoms with Crippen molar-refractivity contribution in [2.24, 2.45) is 11.8 Å². The Hall–Kier alpha value is -0.0800. The van der Waals surface area contributed by atoms with Crippen LogP contribution in [0.1, 0.15) is 47.0 Å². The summed E-state index contributed by atoms with van der Waals surface area (Å²) < 4.78 is 0. The average Bonchev–Trinajstić information content (AvgIpc) is 2.07. The van der Waals surface area contributed by atoms with E-state index in [4.69, 9.17) is 0 Å². The fourth-order valence-electron chi connectivity index (χ4n) is 2.63. The van der Waals surface area contributed by atoms with Gasteiger partial charge in [0.1, 0.15) is 0 Å². The van der Waals surface area contributed by atoms with E-state index >= 15 is 0 Å². The van der Waals surface area contributed by atoms with E-state index in [0.29, 0.717) is 5.92 Å². The number of piperidine rings is 1. The summed E-state index contributed by atoms with van der Waals surface area (Å²) in [6.07, 6.45) is 2.87. The van der Waals surface area contributed by atoms with Crippen LogP contribution < -0.4 is 0 Å². The van der Waals surface area contributed by atoms with Crippen molar-refractivity contribution in [3.63, 3.8) is 0 Å². The highest BCUT2D eigenvalue weighted by Crippen LogP contribution is 2.28. The first kappa shape index (κ1) is 13.0. The van der Waals surface area contributed by atoms with Crippen molar-refractivity contribution in [1.29, 1.82) is 0 Å². The van der Waals surface area contributed by atoms with E-state index in [-0.39, 0.29) is 5.60 Å². The SMILES string of the molecule is CC(C)CN1CCC(O)(CC(C)C)CC1. The van der Waals surface area contributed by atoms with Gasteiger partial charge in [-0.1, -0.05) is 27.7 Å². The van der Waals surface area contributed by atoms with Gasteiger partial charge in [-0.3, -0.25) is 0 Å². The molecule has 0 radical (unpaired) electrons. The lowest BCUT2D eigenvalue weighted by Crippen LogP contribution is -2.46. The van der Waals surface area contributed by atoms with Crippen molar-refractivity contribution in [3.05, 3.63) is 0 Å². The van der Waals surface area contributed by atoms with Gasteiger partial charge in [0.05, 0.1) is 5.60 Å². The molecule has 0 spiro atoms. The maximum atomic E-state index is 10.4. The molecule has 0 aromatic carbocycles. The van der Waals surface area contributed by atoms with Crippen molar-refractivity contribution in [3.8, 4) is 0 Å². The zero-order valence-corrected chi connectivity index (χ0v) is 10.8. The monoisotopic (exact) mass is 213 g/mol. The average molecular weight is 213 g/mol. The lowest BCUT2D eigenvalue weighted by molar-refractivity contribution is -0.0378. The van der Waals surface area contributed by atoms with Crippen LogP contribution in [0.2, 0.25) is 0 Å². The molecule has 1 fully saturated rings. The minimum atomic E-state index is -0.373. The van der Waals surface area contributed by atoms with Gasteiger partial charge in [-0.25, -0.2) is 0 Å². The van der Waals surface area contributed by atoms with E-state index in [1.165, 1.54) is 6.54 Å². The second-order valence-electron chi connectivity index (χ2n) is 6.02. The van der Waals surface area contributed by atoms with Crippen LogP contribution in [0, 0.1) is 11.8 Å². The maximum Gasteiger partial charge on any atom is 0.0674 e. The van der Waals surface area contributed by atoms with Gasteiger partial charge in [0.2, 0.25) is 0 Å². The van der Waals surface area contributed by atoms with Crippen molar-refractivity contribution in [2.75, 3.05) is 19.6 Å². The predicted octanol–water partition coefficient (Wildman–Crippen LogP) is 2.52. The van der Waals surface area contributed by atoms with Crippen LogP contribution in [0.15, 0.2) is 0 Å². The van der Waals surface area contributed by atoms with Crippen LogP contribution in [0.25, 0.3) is 0 Å². The van der Waals surface area contributed by atoms with E-state index in [1.54, 1.807) is 0 Å². The van der Waals surface area contributed by atoms with Crippen LogP contribution in [-0.4, -0.2) is 35.2 Å². The molecule has 1 heterocycles. The number of nitrogens with zero attached hydrogens (tertiary/aromatic N) is 1. The highest BCUT2D eigenvalue weighted by Gasteiger charge is 2.32. The fraction of sp³-hybridized carbons (Fsp3) is 1.00. The van der Waals surface area contributed by atoms with E-state index < -0.39 is 0 Å². The minimum absolute atomic E-state index is 0.373. The van der Waals surface area contributed by atoms with Crippen LogP contribution >= 0.6 is 0 Å². The van der Waals surface area contributed by atoms with Gasteiger partial charge >= 0.3 is 0 Å². The van der Waals surface area contributed by atoms with Gasteiger partial charge in [-0.15, -0.1) is 0 Å². The normalized spacial score (nSPS) is 22.6. The van der Waals surface area contributed by atoms with Crippen molar-refractivity contribution in [1.82, 2.24) is 4.90 Å². The van der Waals surface area contributed by atoms with Crippen molar-refractivity contribution >= 4 is 0 Å². The summed E-state index contributed by atoms with van der Waals surface area (Å²) in [6.45, 7) is 12.2. The molecule has 0 atom stereocenters. The molecular weight excluding hydrogens is 186 g/mol. The third-order valence-corrected chi connectivity index (χ3v) is 3.20. The summed E-state index contributed by atoms with van der Waals surface area (Å²) >= 11 is 0. The zero-order chi connectivity index (χ0) is 11.5. The lowest BCUT2D eigenvalue weighted by Gasteiger charge is -2.39. The highest BCUT2D eigenvalue weighted by atomic mass is 16.3. The Morgan fingerprint density at radius 2 is 1.60 bits per heavy atom. The zero-order valence-electron chi connectivity index (χ0n) is 10.8. The molecule has 0 aromatic heterocycles. The Labute approximate surface area is 94.7 Å². The number of aliphatic hydroxyl groups is 1. The third kappa shape index (κ3) is 4.52. The Bertz CT molecular complexity index is 181. The second-order valence-corrected chi connectivity index (χ2v) is 6.02. The van der Waals surface area contributed by atoms with Gasteiger partial charge in [-0.2, -0.15) is 0 Å². The highest BCUT2D eigenvalue weighted by molar-refractivity contribution is 4.86. The standard InChI is InChI=1S/C13H27NO/c1-11(2)9-13(15)5-7-14(8-6-13)10-12(3)4/h11-12,15H,5-10H2,1-4H3. The van der Waals surface area contributed by atoms with E-state index in [1.807, 2.05) is 0 Å². The first-order valence-electron chi connectivity index (χ1n) is 6.36. The molecule has 0 bridgehead atoms. The summed E-state index contributed by atoms with van der Waals surface area (Å²) in [5.41, 5.74) is -0.373. The first-order valence-corrected chi connectivity index (χ1v) is 6.36. The summed E-state index contributed by atoms with van der Waals surface area (Å²) in [4.78, 5) is 2.49. The minimum Gasteiger partial charge on any atom is -0.390 e. The number of hydrogen-bond acceptors (Lipinski definition) is 2. The number of rotatable bonds is 4. The summed E-state index contributed by atoms with van der Waals surface area (Å²) in [7, 11) is 0. The Morgan fingerprint density at radius 1 is 1.07 bits per heavy atom. The quantitative estimate of drug-likeness (QED) is 0.775. The molecule has 0 saturated carbocycles. The smallest absolute Gasteiger partial charge is 0.0674 e. The maximum absolute atomic E-state index is 10.4. The van der Waals surface area contributed by atoms with Crippen LogP contribution in [0.5, 0.6) is 0 Å². The van der Waals surface area contributed by atoms with E-state index in [2.05, 4.69) is 32.6 Å². The molecule has 2 nitrogen and oxygen atoms in total. The number of hydrogen-bond donors (Lipinski definition) is 1. The molecule has 1 aliphatic rings. The summed E-state index contributed by atoms with van der Waals surface area (Å²) in [5.74, 6) is 1.34. The summed E-state index contributed by atoms with van der Waals surface area (Å²) in [5, 5.41) is 10.4. The van der Waals surface area contributed by atoms with Crippen LogP contribution in [-0.2, 0) is 0 Å². The Kier molecular flexibility index (Phi) is 4.60. The molecule has 15 heavy (non-hydrogen) atoms. The molecule has 0 aromatic rings. The Balaban J connectivity index is 2.34. The van der Waals surface area contributed by atoms with Crippen LogP contribution in [0.4, 0.5) is 0 Å². The van der Waals surface area contributed by atoms with Crippen molar-refractivity contribution in [2.45, 2.75) is 52.6 Å². The van der Waals surface area contributed by atoms with E-state index in [9.17, 15) is 5.11 Å². The molecule has 1 rings (SSSR count). The molecule has 2 heteroatoms. The Morgan fingerprint density at radius 3 is 2.00 bits per heavy atom. The largest absolute Gasteiger partial charge is 0.390 e. The molecule has 0 aliphatic carbocycles. The predicted molar refractivity (Wildman–Crippen MR) is 64.9 cm³/mol. The van der Waals surface area contributed by atoms with Gasteiger partial charge in [0.15, 0.2) is 0 Å². The van der Waals surface area contributed by atoms with Gasteiger partial charge in [0, 0.05) is 19.6 Å². The second kappa shape index (κ2) is 5.31. The van der Waals surface area contributed by atoms with Crippen molar-refractivity contribution < 1.29 is 5.11 Å². The fourth-order valence-corrected chi connectivity index (χ4v) is 2.63. The molecule has 0 unspecified atom stereocenters. The van der Waals surface area contributed by atoms with Gasteiger partial charge in [0.25, 0.3) is 0 Å². The van der Waals surface area contributed by atoms with Gasteiger partial charge in [-0.05, 0) is 31.1 Å². The lowest BCUT2D eigenvalue weighted by atomic mass is 9.84. The molecule has 1 aliphatic heterocycles. The van der Waals surface area contributed by atoms with Gasteiger partial charge < -0.3 is 10.0 Å². The molecular formula is C13H27NO. The first-order chi connectivity index (χ1) is 6.91. The van der Waals surface area contributed by atoms with Crippen LogP contribution in [0.3, 0.4) is 0 Å². The third-order valence-electron chi connectivity index (χ3n) is 3.20. The van der Waals surface area contributed by atoms with E-state index in [0.717, 1.165) is 38.3 Å². The topological polar surface area (TPSA) is 23.5 Å². The molecule has 1 saturated heterocycles. The summed E-state index contributed by atoms with van der Waals surface area (Å²) in [6, 6.07) is 0. The molecule has 1 N–H and O–H groups in total. The number of likely N-dealkylation sites (tertiary alicyclic amines) is 1.